The number of amides is 2. The van der Waals surface area contributed by atoms with E-state index in [9.17, 15) is 9.59 Å². The number of aryl methyl sites for hydroxylation is 1. The summed E-state index contributed by atoms with van der Waals surface area (Å²) >= 11 is 0. The third-order valence-electron chi connectivity index (χ3n) is 5.84. The monoisotopic (exact) mass is 371 g/mol. The number of benzene rings is 1. The van der Waals surface area contributed by atoms with Crippen LogP contribution in [0.2, 0.25) is 0 Å². The van der Waals surface area contributed by atoms with E-state index in [0.717, 1.165) is 18.7 Å². The summed E-state index contributed by atoms with van der Waals surface area (Å²) in [4.78, 5) is 27.3. The maximum atomic E-state index is 12.5. The summed E-state index contributed by atoms with van der Waals surface area (Å²) in [5.41, 5.74) is 2.20. The topological polar surface area (TPSA) is 61.4 Å². The standard InChI is InChI=1S/C22H33N3O2/c1-3-23-22(27)20-13-19(15-25(20)14-17-8-4-5-9-17)24-21(26)12-18-10-6-7-16(2)11-18/h6-7,10-11,17,19-20H,3-5,8-9,12-15H2,1-2H3,(H,23,27)(H,24,26)/t19-,20-/m0/s1. The third kappa shape index (κ3) is 5.55. The average molecular weight is 372 g/mol. The SMILES string of the molecule is CCNC(=O)[C@@H]1C[C@H](NC(=O)Cc2cccc(C)c2)CN1CC1CCCC1. The number of hydrogen-bond donors (Lipinski definition) is 2. The van der Waals surface area contributed by atoms with Gasteiger partial charge >= 0.3 is 0 Å². The van der Waals surface area contributed by atoms with Crippen LogP contribution in [0, 0.1) is 12.8 Å². The Labute approximate surface area is 162 Å². The molecule has 2 aliphatic rings. The summed E-state index contributed by atoms with van der Waals surface area (Å²) in [7, 11) is 0. The molecule has 2 N–H and O–H groups in total. The molecule has 2 fully saturated rings. The van der Waals surface area contributed by atoms with E-state index >= 15 is 0 Å². The maximum absolute atomic E-state index is 12.5. The van der Waals surface area contributed by atoms with Crippen LogP contribution in [0.15, 0.2) is 24.3 Å². The zero-order valence-electron chi connectivity index (χ0n) is 16.7. The van der Waals surface area contributed by atoms with Gasteiger partial charge in [0.25, 0.3) is 0 Å². The second kappa shape index (κ2) is 9.36. The molecule has 1 aromatic carbocycles. The molecule has 27 heavy (non-hydrogen) atoms. The van der Waals surface area contributed by atoms with Gasteiger partial charge in [-0.25, -0.2) is 0 Å². The molecule has 0 radical (unpaired) electrons. The van der Waals surface area contributed by atoms with E-state index in [2.05, 4.69) is 21.6 Å². The molecule has 5 nitrogen and oxygen atoms in total. The van der Waals surface area contributed by atoms with Crippen molar-refractivity contribution in [2.75, 3.05) is 19.6 Å². The van der Waals surface area contributed by atoms with Crippen LogP contribution in [0.1, 0.15) is 50.2 Å². The van der Waals surface area contributed by atoms with Gasteiger partial charge < -0.3 is 10.6 Å². The molecule has 0 unspecified atom stereocenters. The van der Waals surface area contributed by atoms with Crippen molar-refractivity contribution in [2.24, 2.45) is 5.92 Å². The quantitative estimate of drug-likeness (QED) is 0.774. The van der Waals surface area contributed by atoms with Gasteiger partial charge in [-0.2, -0.15) is 0 Å². The van der Waals surface area contributed by atoms with Gasteiger partial charge in [-0.05, 0) is 44.6 Å². The van der Waals surface area contributed by atoms with Gasteiger partial charge in [-0.1, -0.05) is 42.7 Å². The third-order valence-corrected chi connectivity index (χ3v) is 5.84. The lowest BCUT2D eigenvalue weighted by molar-refractivity contribution is -0.125. The number of nitrogens with one attached hydrogen (secondary N) is 2. The Hall–Kier alpha value is -1.88. The number of nitrogens with zero attached hydrogens (tertiary/aromatic N) is 1. The van der Waals surface area contributed by atoms with Gasteiger partial charge in [0.15, 0.2) is 0 Å². The molecular formula is C22H33N3O2. The van der Waals surface area contributed by atoms with Crippen LogP contribution >= 0.6 is 0 Å². The van der Waals surface area contributed by atoms with Crippen LogP contribution in [0.3, 0.4) is 0 Å². The highest BCUT2D eigenvalue weighted by atomic mass is 16.2. The lowest BCUT2D eigenvalue weighted by atomic mass is 10.1. The number of rotatable bonds is 7. The van der Waals surface area contributed by atoms with E-state index in [1.807, 2.05) is 32.0 Å². The fourth-order valence-corrected chi connectivity index (χ4v) is 4.59. The molecule has 1 aliphatic heterocycles. The summed E-state index contributed by atoms with van der Waals surface area (Å²) in [6, 6.07) is 8.01. The Kier molecular flexibility index (Phi) is 6.89. The highest BCUT2D eigenvalue weighted by Crippen LogP contribution is 2.28. The van der Waals surface area contributed by atoms with Crippen molar-refractivity contribution >= 4 is 11.8 Å². The number of carbonyl (C=O) groups excluding carboxylic acids is 2. The van der Waals surface area contributed by atoms with Crippen molar-refractivity contribution < 1.29 is 9.59 Å². The second-order valence-electron chi connectivity index (χ2n) is 8.18. The van der Waals surface area contributed by atoms with E-state index in [1.165, 1.54) is 31.2 Å². The van der Waals surface area contributed by atoms with E-state index in [1.54, 1.807) is 0 Å². The number of hydrogen-bond acceptors (Lipinski definition) is 3. The Bertz CT molecular complexity index is 655. The molecule has 2 amide bonds. The average Bonchev–Trinajstić information content (AvgIpc) is 3.25. The van der Waals surface area contributed by atoms with Crippen molar-refractivity contribution in [3.8, 4) is 0 Å². The molecule has 5 heteroatoms. The molecule has 0 bridgehead atoms. The molecule has 0 aromatic heterocycles. The molecule has 3 rings (SSSR count). The fourth-order valence-electron chi connectivity index (χ4n) is 4.59. The first-order valence-corrected chi connectivity index (χ1v) is 10.4. The van der Waals surface area contributed by atoms with Gasteiger partial charge in [-0.3, -0.25) is 14.5 Å². The summed E-state index contributed by atoms with van der Waals surface area (Å²) < 4.78 is 0. The summed E-state index contributed by atoms with van der Waals surface area (Å²) in [6.07, 6.45) is 6.25. The Morgan fingerprint density at radius 2 is 2.00 bits per heavy atom. The Morgan fingerprint density at radius 3 is 2.70 bits per heavy atom. The first-order chi connectivity index (χ1) is 13.0. The molecule has 1 saturated heterocycles. The van der Waals surface area contributed by atoms with Gasteiger partial charge in [0, 0.05) is 25.7 Å². The smallest absolute Gasteiger partial charge is 0.237 e. The van der Waals surface area contributed by atoms with Crippen molar-refractivity contribution in [2.45, 2.75) is 64.5 Å². The van der Waals surface area contributed by atoms with Crippen LogP contribution in [0.4, 0.5) is 0 Å². The zero-order chi connectivity index (χ0) is 19.2. The molecule has 1 heterocycles. The van der Waals surface area contributed by atoms with Crippen molar-refractivity contribution in [1.82, 2.24) is 15.5 Å². The molecule has 0 spiro atoms. The lowest BCUT2D eigenvalue weighted by Crippen LogP contribution is -2.44. The number of carbonyl (C=O) groups is 2. The molecule has 1 aliphatic carbocycles. The van der Waals surface area contributed by atoms with E-state index < -0.39 is 0 Å². The van der Waals surface area contributed by atoms with Crippen LogP contribution in [0.5, 0.6) is 0 Å². The van der Waals surface area contributed by atoms with E-state index in [0.29, 0.717) is 25.3 Å². The summed E-state index contributed by atoms with van der Waals surface area (Å²) in [5, 5.41) is 6.14. The number of likely N-dealkylation sites (N-methyl/N-ethyl adjacent to an activating group) is 1. The van der Waals surface area contributed by atoms with E-state index in [-0.39, 0.29) is 23.9 Å². The van der Waals surface area contributed by atoms with Crippen LogP contribution in [0.25, 0.3) is 0 Å². The highest BCUT2D eigenvalue weighted by Gasteiger charge is 2.38. The molecular weight excluding hydrogens is 338 g/mol. The minimum Gasteiger partial charge on any atom is -0.355 e. The molecule has 1 aromatic rings. The predicted octanol–water partition coefficient (Wildman–Crippen LogP) is 2.42. The summed E-state index contributed by atoms with van der Waals surface area (Å²) in [5.74, 6) is 0.845. The fraction of sp³-hybridized carbons (Fsp3) is 0.636. The summed E-state index contributed by atoms with van der Waals surface area (Å²) in [6.45, 7) is 6.40. The maximum Gasteiger partial charge on any atom is 0.237 e. The van der Waals surface area contributed by atoms with Crippen LogP contribution in [-0.4, -0.2) is 48.4 Å². The minimum absolute atomic E-state index is 0.0444. The molecule has 148 valence electrons. The normalized spacial score (nSPS) is 23.5. The van der Waals surface area contributed by atoms with Gasteiger partial charge in [0.2, 0.25) is 11.8 Å². The number of likely N-dealkylation sites (tertiary alicyclic amines) is 1. The second-order valence-corrected chi connectivity index (χ2v) is 8.18. The zero-order valence-corrected chi connectivity index (χ0v) is 16.7. The first-order valence-electron chi connectivity index (χ1n) is 10.4. The van der Waals surface area contributed by atoms with Crippen molar-refractivity contribution in [1.29, 1.82) is 0 Å². The molecule has 2 atom stereocenters. The lowest BCUT2D eigenvalue weighted by Gasteiger charge is -2.26. The van der Waals surface area contributed by atoms with Gasteiger partial charge in [0.1, 0.15) is 0 Å². The van der Waals surface area contributed by atoms with Crippen LogP contribution < -0.4 is 10.6 Å². The van der Waals surface area contributed by atoms with Gasteiger partial charge in [-0.15, -0.1) is 0 Å². The van der Waals surface area contributed by atoms with Gasteiger partial charge in [0.05, 0.1) is 12.5 Å². The van der Waals surface area contributed by atoms with Crippen molar-refractivity contribution in [3.05, 3.63) is 35.4 Å². The largest absolute Gasteiger partial charge is 0.355 e. The molecule has 1 saturated carbocycles. The van der Waals surface area contributed by atoms with E-state index in [4.69, 9.17) is 0 Å². The first kappa shape index (κ1) is 19.9. The Balaban J connectivity index is 1.58. The Morgan fingerprint density at radius 1 is 1.22 bits per heavy atom. The highest BCUT2D eigenvalue weighted by molar-refractivity contribution is 5.83. The predicted molar refractivity (Wildman–Crippen MR) is 107 cm³/mol. The van der Waals surface area contributed by atoms with Crippen molar-refractivity contribution in [3.63, 3.8) is 0 Å². The minimum atomic E-state index is -0.116. The van der Waals surface area contributed by atoms with Crippen LogP contribution in [-0.2, 0) is 16.0 Å².